The summed E-state index contributed by atoms with van der Waals surface area (Å²) in [5.41, 5.74) is 3.53. The second kappa shape index (κ2) is 8.53. The number of aryl methyl sites for hydroxylation is 2. The van der Waals surface area contributed by atoms with Crippen molar-refractivity contribution in [2.75, 3.05) is 6.61 Å². The Labute approximate surface area is 182 Å². The zero-order chi connectivity index (χ0) is 22.2. The Kier molecular flexibility index (Phi) is 5.58. The lowest BCUT2D eigenvalue weighted by atomic mass is 9.99. The number of aliphatic hydroxyl groups excluding tert-OH is 4. The first-order chi connectivity index (χ1) is 15.5. The molecule has 1 fully saturated rings. The molecule has 2 aromatic heterocycles. The summed E-state index contributed by atoms with van der Waals surface area (Å²) in [5, 5.41) is 49.0. The molecule has 0 bridgehead atoms. The van der Waals surface area contributed by atoms with Gasteiger partial charge in [-0.25, -0.2) is 0 Å². The highest BCUT2D eigenvalue weighted by atomic mass is 16.7. The van der Waals surface area contributed by atoms with Gasteiger partial charge in [0.1, 0.15) is 35.7 Å². The summed E-state index contributed by atoms with van der Waals surface area (Å²) in [4.78, 5) is 0. The van der Waals surface area contributed by atoms with Crippen molar-refractivity contribution in [2.24, 2.45) is 0 Å². The fraction of sp³-hybridized carbons (Fsp3) is 0.348. The summed E-state index contributed by atoms with van der Waals surface area (Å²) in [5.74, 6) is 0.417. The number of furan rings is 1. The molecule has 9 heteroatoms. The quantitative estimate of drug-likeness (QED) is 0.302. The van der Waals surface area contributed by atoms with Gasteiger partial charge in [0.05, 0.1) is 23.8 Å². The second-order valence-corrected chi connectivity index (χ2v) is 7.96. The first-order valence-electron chi connectivity index (χ1n) is 10.4. The normalized spacial score (nSPS) is 26.1. The summed E-state index contributed by atoms with van der Waals surface area (Å²) in [7, 11) is 0. The molecule has 2 aromatic carbocycles. The number of aromatic nitrogens is 2. The molecule has 0 saturated carbocycles. The number of fused-ring (bicyclic) bond motifs is 2. The van der Waals surface area contributed by atoms with Crippen LogP contribution in [-0.4, -0.2) is 67.9 Å². The number of nitrogens with zero attached hydrogens (tertiary/aromatic N) is 1. The number of aliphatic hydroxyl groups is 4. The van der Waals surface area contributed by atoms with Gasteiger partial charge in [-0.15, -0.1) is 0 Å². The van der Waals surface area contributed by atoms with Crippen molar-refractivity contribution >= 4 is 21.9 Å². The van der Waals surface area contributed by atoms with Gasteiger partial charge in [-0.05, 0) is 48.7 Å². The Balaban J connectivity index is 1.39. The lowest BCUT2D eigenvalue weighted by Gasteiger charge is -2.39. The van der Waals surface area contributed by atoms with E-state index < -0.39 is 37.3 Å². The van der Waals surface area contributed by atoms with Crippen molar-refractivity contribution in [2.45, 2.75) is 43.5 Å². The average Bonchev–Trinajstić information content (AvgIpc) is 3.45. The van der Waals surface area contributed by atoms with E-state index in [1.807, 2.05) is 24.3 Å². The van der Waals surface area contributed by atoms with Gasteiger partial charge >= 0.3 is 0 Å². The molecule has 0 aliphatic carbocycles. The molecule has 0 amide bonds. The van der Waals surface area contributed by atoms with Crippen molar-refractivity contribution in [1.29, 1.82) is 0 Å². The second-order valence-electron chi connectivity index (χ2n) is 7.96. The molecule has 9 nitrogen and oxygen atoms in total. The van der Waals surface area contributed by atoms with Crippen LogP contribution in [0.2, 0.25) is 0 Å². The number of rotatable bonds is 6. The first kappa shape index (κ1) is 20.9. The van der Waals surface area contributed by atoms with Crippen LogP contribution in [0.25, 0.3) is 21.9 Å². The molecule has 5 unspecified atom stereocenters. The predicted octanol–water partition coefficient (Wildman–Crippen LogP) is 1.27. The molecule has 1 aliphatic rings. The van der Waals surface area contributed by atoms with Crippen LogP contribution >= 0.6 is 0 Å². The van der Waals surface area contributed by atoms with Crippen LogP contribution < -0.4 is 4.74 Å². The van der Waals surface area contributed by atoms with Crippen LogP contribution in [0.3, 0.4) is 0 Å². The van der Waals surface area contributed by atoms with Gasteiger partial charge in [-0.2, -0.15) is 5.10 Å². The zero-order valence-electron chi connectivity index (χ0n) is 17.1. The summed E-state index contributed by atoms with van der Waals surface area (Å²) in [6.45, 7) is -0.521. The van der Waals surface area contributed by atoms with E-state index >= 15 is 0 Å². The molecule has 5 rings (SSSR count). The van der Waals surface area contributed by atoms with Gasteiger partial charge in [-0.1, -0.05) is 12.1 Å². The van der Waals surface area contributed by atoms with Gasteiger partial charge in [0.2, 0.25) is 6.29 Å². The van der Waals surface area contributed by atoms with Crippen LogP contribution in [0.4, 0.5) is 0 Å². The van der Waals surface area contributed by atoms with E-state index in [0.717, 1.165) is 34.0 Å². The number of hydrogen-bond donors (Lipinski definition) is 5. The number of nitrogens with one attached hydrogen (secondary N) is 1. The topological polar surface area (TPSA) is 141 Å². The van der Waals surface area contributed by atoms with E-state index in [9.17, 15) is 20.4 Å². The lowest BCUT2D eigenvalue weighted by Crippen LogP contribution is -2.60. The van der Waals surface area contributed by atoms with Gasteiger partial charge in [0, 0.05) is 11.1 Å². The molecule has 5 N–H and O–H groups in total. The molecular formula is C23H24N2O7. The number of H-pyrrole nitrogens is 1. The van der Waals surface area contributed by atoms with Crippen molar-refractivity contribution in [1.82, 2.24) is 10.2 Å². The van der Waals surface area contributed by atoms with E-state index in [4.69, 9.17) is 13.9 Å². The standard InChI is InChI=1S/C23H24N2O7/c26-11-18-20(27)21(28)22(29)23(32-18)31-17-3-1-2-14-19(17)15(25-24-14)6-4-12-5-7-16-13(10-12)8-9-30-16/h1-3,5,7-10,18,20-23,26-29H,4,6,11H2,(H,24,25). The maximum absolute atomic E-state index is 10.3. The highest BCUT2D eigenvalue weighted by Crippen LogP contribution is 2.32. The summed E-state index contributed by atoms with van der Waals surface area (Å²) in [6, 6.07) is 13.3. The van der Waals surface area contributed by atoms with Crippen molar-refractivity contribution in [3.8, 4) is 5.75 Å². The number of benzene rings is 2. The highest BCUT2D eigenvalue weighted by Gasteiger charge is 2.44. The molecule has 1 saturated heterocycles. The molecule has 5 atom stereocenters. The van der Waals surface area contributed by atoms with Crippen LogP contribution in [-0.2, 0) is 17.6 Å². The van der Waals surface area contributed by atoms with Crippen molar-refractivity contribution < 1.29 is 34.3 Å². The summed E-state index contributed by atoms with van der Waals surface area (Å²) in [6.07, 6.45) is -3.66. The molecule has 32 heavy (non-hydrogen) atoms. The third kappa shape index (κ3) is 3.74. The first-order valence-corrected chi connectivity index (χ1v) is 10.4. The molecule has 168 valence electrons. The smallest absolute Gasteiger partial charge is 0.229 e. The van der Waals surface area contributed by atoms with Crippen LogP contribution in [0.15, 0.2) is 53.1 Å². The maximum Gasteiger partial charge on any atom is 0.229 e. The SMILES string of the molecule is OCC1OC(Oc2cccc3n[nH]c(CCc4ccc5occc5c4)c23)C(O)C(O)C1O. The summed E-state index contributed by atoms with van der Waals surface area (Å²) < 4.78 is 16.8. The fourth-order valence-electron chi connectivity index (χ4n) is 4.11. The van der Waals surface area contributed by atoms with Gasteiger partial charge in [0.25, 0.3) is 0 Å². The number of ether oxygens (including phenoxy) is 2. The Bertz CT molecular complexity index is 1220. The third-order valence-electron chi connectivity index (χ3n) is 5.89. The largest absolute Gasteiger partial charge is 0.464 e. The number of aromatic amines is 1. The minimum Gasteiger partial charge on any atom is -0.464 e. The van der Waals surface area contributed by atoms with Gasteiger partial charge in [0.15, 0.2) is 0 Å². The van der Waals surface area contributed by atoms with Crippen molar-refractivity contribution in [3.05, 3.63) is 60.0 Å². The molecule has 4 aromatic rings. The lowest BCUT2D eigenvalue weighted by molar-refractivity contribution is -0.277. The zero-order valence-corrected chi connectivity index (χ0v) is 17.1. The summed E-state index contributed by atoms with van der Waals surface area (Å²) >= 11 is 0. The third-order valence-corrected chi connectivity index (χ3v) is 5.89. The minimum atomic E-state index is -1.51. The fourth-order valence-corrected chi connectivity index (χ4v) is 4.11. The molecule has 1 aliphatic heterocycles. The van der Waals surface area contributed by atoms with Crippen LogP contribution in [0.5, 0.6) is 5.75 Å². The Hall–Kier alpha value is -2.95. The van der Waals surface area contributed by atoms with E-state index in [-0.39, 0.29) is 0 Å². The Morgan fingerprint density at radius 3 is 2.72 bits per heavy atom. The average molecular weight is 440 g/mol. The Morgan fingerprint density at radius 2 is 1.88 bits per heavy atom. The van der Waals surface area contributed by atoms with E-state index in [1.54, 1.807) is 18.4 Å². The molecule has 0 radical (unpaired) electrons. The van der Waals surface area contributed by atoms with Crippen LogP contribution in [0, 0.1) is 0 Å². The van der Waals surface area contributed by atoms with E-state index in [2.05, 4.69) is 16.3 Å². The number of hydrogen-bond acceptors (Lipinski definition) is 8. The van der Waals surface area contributed by atoms with Crippen molar-refractivity contribution in [3.63, 3.8) is 0 Å². The monoisotopic (exact) mass is 440 g/mol. The molecule has 0 spiro atoms. The van der Waals surface area contributed by atoms with E-state index in [0.29, 0.717) is 17.7 Å². The minimum absolute atomic E-state index is 0.417. The Morgan fingerprint density at radius 1 is 1.00 bits per heavy atom. The van der Waals surface area contributed by atoms with Gasteiger partial charge in [-0.3, -0.25) is 5.10 Å². The maximum atomic E-state index is 10.3. The van der Waals surface area contributed by atoms with Crippen LogP contribution in [0.1, 0.15) is 11.3 Å². The predicted molar refractivity (Wildman–Crippen MR) is 114 cm³/mol. The molecular weight excluding hydrogens is 416 g/mol. The highest BCUT2D eigenvalue weighted by molar-refractivity contribution is 5.87. The molecule has 3 heterocycles. The van der Waals surface area contributed by atoms with E-state index in [1.165, 1.54) is 0 Å². The van der Waals surface area contributed by atoms with Gasteiger partial charge < -0.3 is 34.3 Å².